The summed E-state index contributed by atoms with van der Waals surface area (Å²) in [5.74, 6) is -0.197. The maximum absolute atomic E-state index is 12.4. The van der Waals surface area contributed by atoms with Crippen molar-refractivity contribution in [1.29, 1.82) is 0 Å². The molecule has 5 nitrogen and oxygen atoms in total. The fraction of sp³-hybridized carbons (Fsp3) is 0.188. The van der Waals surface area contributed by atoms with Crippen molar-refractivity contribution in [2.24, 2.45) is 0 Å². The monoisotopic (exact) mass is 352 g/mol. The lowest BCUT2D eigenvalue weighted by Crippen LogP contribution is -2.27. The van der Waals surface area contributed by atoms with Gasteiger partial charge in [-0.3, -0.25) is 9.10 Å². The number of carbonyl (C=O) groups is 1. The third-order valence-electron chi connectivity index (χ3n) is 3.47. The van der Waals surface area contributed by atoms with E-state index in [0.29, 0.717) is 22.0 Å². The van der Waals surface area contributed by atoms with E-state index < -0.39 is 10.0 Å². The molecule has 2 aromatic carbocycles. The molecule has 0 unspecified atom stereocenters. The van der Waals surface area contributed by atoms with Crippen molar-refractivity contribution in [1.82, 2.24) is 0 Å². The SMILES string of the molecule is CN(C(=O)c1cccc(Cl)c1)c1ccc(N(C)S(C)(=O)=O)cc1. The first-order chi connectivity index (χ1) is 10.7. The highest BCUT2D eigenvalue weighted by Gasteiger charge is 2.15. The van der Waals surface area contributed by atoms with Gasteiger partial charge in [0.1, 0.15) is 0 Å². The van der Waals surface area contributed by atoms with Gasteiger partial charge in [0.25, 0.3) is 5.91 Å². The van der Waals surface area contributed by atoms with Gasteiger partial charge >= 0.3 is 0 Å². The Morgan fingerprint density at radius 2 is 1.57 bits per heavy atom. The molecule has 1 amide bonds. The summed E-state index contributed by atoms with van der Waals surface area (Å²) < 4.78 is 24.2. The Kier molecular flexibility index (Phi) is 4.97. The largest absolute Gasteiger partial charge is 0.311 e. The second-order valence-corrected chi connectivity index (χ2v) is 7.57. The number of hydrogen-bond donors (Lipinski definition) is 0. The zero-order chi connectivity index (χ0) is 17.2. The standard InChI is InChI=1S/C16H17ClN2O3S/c1-18(16(20)12-5-4-6-13(17)11-12)14-7-9-15(10-8-14)19(2)23(3,21)22/h4-11H,1-3H3. The van der Waals surface area contributed by atoms with Crippen LogP contribution in [0, 0.1) is 0 Å². The van der Waals surface area contributed by atoms with E-state index in [-0.39, 0.29) is 5.91 Å². The smallest absolute Gasteiger partial charge is 0.258 e. The second kappa shape index (κ2) is 6.60. The third kappa shape index (κ3) is 4.03. The minimum atomic E-state index is -3.31. The molecule has 0 heterocycles. The van der Waals surface area contributed by atoms with Gasteiger partial charge in [-0.1, -0.05) is 17.7 Å². The molecule has 0 aromatic heterocycles. The zero-order valence-electron chi connectivity index (χ0n) is 13.0. The van der Waals surface area contributed by atoms with E-state index >= 15 is 0 Å². The van der Waals surface area contributed by atoms with E-state index in [2.05, 4.69) is 0 Å². The van der Waals surface area contributed by atoms with Crippen molar-refractivity contribution in [2.45, 2.75) is 0 Å². The van der Waals surface area contributed by atoms with Gasteiger partial charge in [-0.15, -0.1) is 0 Å². The lowest BCUT2D eigenvalue weighted by atomic mass is 10.2. The van der Waals surface area contributed by atoms with Gasteiger partial charge in [0.05, 0.1) is 11.9 Å². The summed E-state index contributed by atoms with van der Waals surface area (Å²) in [6.45, 7) is 0. The lowest BCUT2D eigenvalue weighted by Gasteiger charge is -2.20. The first kappa shape index (κ1) is 17.3. The molecule has 0 bridgehead atoms. The summed E-state index contributed by atoms with van der Waals surface area (Å²) in [5, 5.41) is 0.495. The van der Waals surface area contributed by atoms with Crippen LogP contribution in [0.15, 0.2) is 48.5 Å². The maximum Gasteiger partial charge on any atom is 0.258 e. The molecule has 0 aliphatic carbocycles. The second-order valence-electron chi connectivity index (χ2n) is 5.12. The summed E-state index contributed by atoms with van der Waals surface area (Å²) in [6, 6.07) is 13.4. The molecule has 0 spiro atoms. The van der Waals surface area contributed by atoms with E-state index in [4.69, 9.17) is 11.6 Å². The van der Waals surface area contributed by atoms with Gasteiger partial charge < -0.3 is 4.90 Å². The van der Waals surface area contributed by atoms with Crippen LogP contribution >= 0.6 is 11.6 Å². The number of hydrogen-bond acceptors (Lipinski definition) is 3. The summed E-state index contributed by atoms with van der Waals surface area (Å²) in [6.07, 6.45) is 1.13. The molecule has 0 radical (unpaired) electrons. The van der Waals surface area contributed by atoms with Crippen molar-refractivity contribution < 1.29 is 13.2 Å². The van der Waals surface area contributed by atoms with E-state index in [1.165, 1.54) is 16.3 Å². The molecule has 0 N–H and O–H groups in total. The number of halogens is 1. The van der Waals surface area contributed by atoms with Gasteiger partial charge in [-0.05, 0) is 42.5 Å². The van der Waals surface area contributed by atoms with E-state index in [1.54, 1.807) is 55.6 Å². The average molecular weight is 353 g/mol. The number of anilines is 2. The number of nitrogens with zero attached hydrogens (tertiary/aromatic N) is 2. The summed E-state index contributed by atoms with van der Waals surface area (Å²) in [4.78, 5) is 13.9. The normalized spacial score (nSPS) is 11.1. The Bertz CT molecular complexity index is 819. The molecule has 122 valence electrons. The number of sulfonamides is 1. The Morgan fingerprint density at radius 1 is 1.00 bits per heavy atom. The molecule has 0 fully saturated rings. The molecule has 0 atom stereocenters. The molecule has 7 heteroatoms. The third-order valence-corrected chi connectivity index (χ3v) is 4.92. The van der Waals surface area contributed by atoms with E-state index in [0.717, 1.165) is 6.26 Å². The van der Waals surface area contributed by atoms with Crippen LogP contribution in [0.2, 0.25) is 5.02 Å². The first-order valence-electron chi connectivity index (χ1n) is 6.78. The van der Waals surface area contributed by atoms with Crippen molar-refractivity contribution in [3.8, 4) is 0 Å². The molecule has 0 aliphatic rings. The van der Waals surface area contributed by atoms with Gasteiger partial charge in [-0.25, -0.2) is 8.42 Å². The highest BCUT2D eigenvalue weighted by molar-refractivity contribution is 7.92. The van der Waals surface area contributed by atoms with E-state index in [9.17, 15) is 13.2 Å². The van der Waals surface area contributed by atoms with Gasteiger partial charge in [0, 0.05) is 30.4 Å². The quantitative estimate of drug-likeness (QED) is 0.849. The van der Waals surface area contributed by atoms with Crippen LogP contribution in [-0.4, -0.2) is 34.7 Å². The highest BCUT2D eigenvalue weighted by Crippen LogP contribution is 2.22. The van der Waals surface area contributed by atoms with Gasteiger partial charge in [-0.2, -0.15) is 0 Å². The first-order valence-corrected chi connectivity index (χ1v) is 9.00. The fourth-order valence-corrected chi connectivity index (χ4v) is 2.71. The predicted molar refractivity (Wildman–Crippen MR) is 93.9 cm³/mol. The van der Waals surface area contributed by atoms with Crippen LogP contribution in [0.4, 0.5) is 11.4 Å². The van der Waals surface area contributed by atoms with Crippen molar-refractivity contribution in [3.05, 3.63) is 59.1 Å². The van der Waals surface area contributed by atoms with Crippen molar-refractivity contribution in [3.63, 3.8) is 0 Å². The van der Waals surface area contributed by atoms with Crippen LogP contribution < -0.4 is 9.21 Å². The van der Waals surface area contributed by atoms with E-state index in [1.807, 2.05) is 0 Å². The molecule has 0 saturated carbocycles. The lowest BCUT2D eigenvalue weighted by molar-refractivity contribution is 0.0993. The molecule has 0 saturated heterocycles. The molecule has 2 rings (SSSR count). The minimum absolute atomic E-state index is 0.197. The van der Waals surface area contributed by atoms with Crippen LogP contribution in [0.5, 0.6) is 0 Å². The van der Waals surface area contributed by atoms with Crippen molar-refractivity contribution in [2.75, 3.05) is 29.6 Å². The Morgan fingerprint density at radius 3 is 2.09 bits per heavy atom. The number of rotatable bonds is 4. The number of amides is 1. The minimum Gasteiger partial charge on any atom is -0.311 e. The Labute approximate surface area is 141 Å². The molecular weight excluding hydrogens is 336 g/mol. The predicted octanol–water partition coefficient (Wildman–Crippen LogP) is 3.01. The molecular formula is C16H17ClN2O3S. The fourth-order valence-electron chi connectivity index (χ4n) is 2.01. The average Bonchev–Trinajstić information content (AvgIpc) is 2.52. The summed E-state index contributed by atoms with van der Waals surface area (Å²) in [7, 11) is -0.186. The van der Waals surface area contributed by atoms with Gasteiger partial charge in [0.15, 0.2) is 0 Å². The Hall–Kier alpha value is -2.05. The van der Waals surface area contributed by atoms with Gasteiger partial charge in [0.2, 0.25) is 10.0 Å². The number of carbonyl (C=O) groups excluding carboxylic acids is 1. The highest BCUT2D eigenvalue weighted by atomic mass is 35.5. The summed E-state index contributed by atoms with van der Waals surface area (Å²) in [5.41, 5.74) is 1.66. The number of benzene rings is 2. The van der Waals surface area contributed by atoms with Crippen LogP contribution in [0.3, 0.4) is 0 Å². The summed E-state index contributed by atoms with van der Waals surface area (Å²) >= 11 is 5.90. The maximum atomic E-state index is 12.4. The van der Waals surface area contributed by atoms with Crippen LogP contribution in [-0.2, 0) is 10.0 Å². The Balaban J connectivity index is 2.24. The van der Waals surface area contributed by atoms with Crippen LogP contribution in [0.25, 0.3) is 0 Å². The molecule has 23 heavy (non-hydrogen) atoms. The van der Waals surface area contributed by atoms with Crippen molar-refractivity contribution >= 4 is 38.9 Å². The zero-order valence-corrected chi connectivity index (χ0v) is 14.6. The molecule has 2 aromatic rings. The van der Waals surface area contributed by atoms with Crippen LogP contribution in [0.1, 0.15) is 10.4 Å². The topological polar surface area (TPSA) is 57.7 Å². The molecule has 0 aliphatic heterocycles.